The van der Waals surface area contributed by atoms with Gasteiger partial charge in [0.2, 0.25) is 0 Å². The van der Waals surface area contributed by atoms with E-state index in [9.17, 15) is 8.42 Å². The van der Waals surface area contributed by atoms with E-state index in [1.54, 1.807) is 0 Å². The lowest BCUT2D eigenvalue weighted by atomic mass is 10.3. The quantitative estimate of drug-likeness (QED) is 0.546. The summed E-state index contributed by atoms with van der Waals surface area (Å²) < 4.78 is 24.8. The molecule has 1 rings (SSSR count). The van der Waals surface area contributed by atoms with Crippen LogP contribution >= 0.6 is 0 Å². The molecule has 66 valence electrons. The average Bonchev–Trinajstić information content (AvgIpc) is 1.81. The van der Waals surface area contributed by atoms with Crippen molar-refractivity contribution in [3.63, 3.8) is 0 Å². The molecule has 0 N–H and O–H groups in total. The Bertz CT molecular complexity index is 211. The standard InChI is InChI=1S/C5H12N2O3S/c1-6(10-2)11(8,9)7-4-3-5-7/h3-5H2,1-2H3. The smallest absolute Gasteiger partial charge is 0.287 e. The maximum absolute atomic E-state index is 11.3. The van der Waals surface area contributed by atoms with Gasteiger partial charge in [0.05, 0.1) is 7.11 Å². The molecule has 0 aromatic carbocycles. The minimum Gasteiger partial charge on any atom is -0.287 e. The summed E-state index contributed by atoms with van der Waals surface area (Å²) in [5, 5.41) is 0. The molecule has 1 aliphatic heterocycles. The molecule has 5 nitrogen and oxygen atoms in total. The predicted molar refractivity (Wildman–Crippen MR) is 39.9 cm³/mol. The molecule has 0 spiro atoms. The van der Waals surface area contributed by atoms with E-state index in [1.807, 2.05) is 0 Å². The van der Waals surface area contributed by atoms with Crippen molar-refractivity contribution in [1.82, 2.24) is 8.77 Å². The second kappa shape index (κ2) is 3.06. The monoisotopic (exact) mass is 180 g/mol. The van der Waals surface area contributed by atoms with E-state index in [2.05, 4.69) is 4.84 Å². The Morgan fingerprint density at radius 1 is 1.45 bits per heavy atom. The van der Waals surface area contributed by atoms with Gasteiger partial charge >= 0.3 is 10.2 Å². The highest BCUT2D eigenvalue weighted by atomic mass is 32.2. The van der Waals surface area contributed by atoms with Crippen LogP contribution in [0.1, 0.15) is 6.42 Å². The molecule has 0 bridgehead atoms. The summed E-state index contributed by atoms with van der Waals surface area (Å²) in [6.07, 6.45) is 0.941. The van der Waals surface area contributed by atoms with Crippen LogP contribution in [0.25, 0.3) is 0 Å². The predicted octanol–water partition coefficient (Wildman–Crippen LogP) is -0.570. The maximum atomic E-state index is 11.3. The van der Waals surface area contributed by atoms with E-state index in [-0.39, 0.29) is 0 Å². The first-order valence-corrected chi connectivity index (χ1v) is 4.77. The first kappa shape index (κ1) is 8.92. The molecule has 1 saturated heterocycles. The Labute approximate surface area is 66.7 Å². The zero-order valence-corrected chi connectivity index (χ0v) is 7.47. The second-order valence-corrected chi connectivity index (χ2v) is 4.28. The average molecular weight is 180 g/mol. The van der Waals surface area contributed by atoms with Crippen molar-refractivity contribution in [2.75, 3.05) is 27.2 Å². The Kier molecular flexibility index (Phi) is 2.48. The van der Waals surface area contributed by atoms with Crippen molar-refractivity contribution in [1.29, 1.82) is 0 Å². The van der Waals surface area contributed by atoms with Gasteiger partial charge in [-0.2, -0.15) is 12.7 Å². The third kappa shape index (κ3) is 1.53. The van der Waals surface area contributed by atoms with Crippen LogP contribution in [-0.2, 0) is 15.0 Å². The third-order valence-electron chi connectivity index (χ3n) is 1.72. The molecule has 1 fully saturated rings. The first-order chi connectivity index (χ1) is 5.09. The zero-order valence-electron chi connectivity index (χ0n) is 6.65. The van der Waals surface area contributed by atoms with Crippen molar-refractivity contribution in [2.45, 2.75) is 6.42 Å². The molecule has 0 aromatic heterocycles. The molecule has 0 aliphatic carbocycles. The summed E-state index contributed by atoms with van der Waals surface area (Å²) in [5.41, 5.74) is 0. The van der Waals surface area contributed by atoms with Gasteiger partial charge in [-0.05, 0) is 6.42 Å². The Morgan fingerprint density at radius 2 is 2.00 bits per heavy atom. The second-order valence-electron chi connectivity index (χ2n) is 2.35. The first-order valence-electron chi connectivity index (χ1n) is 3.37. The molecule has 0 unspecified atom stereocenters. The van der Waals surface area contributed by atoms with Crippen LogP contribution in [-0.4, -0.2) is 44.4 Å². The zero-order chi connectivity index (χ0) is 8.48. The normalized spacial score (nSPS) is 20.3. The van der Waals surface area contributed by atoms with Crippen molar-refractivity contribution in [3.8, 4) is 0 Å². The topological polar surface area (TPSA) is 49.9 Å². The van der Waals surface area contributed by atoms with E-state index in [4.69, 9.17) is 0 Å². The Hall–Kier alpha value is -0.170. The fraction of sp³-hybridized carbons (Fsp3) is 1.00. The van der Waals surface area contributed by atoms with Gasteiger partial charge in [0.25, 0.3) is 0 Å². The summed E-state index contributed by atoms with van der Waals surface area (Å²) in [5.74, 6) is 0. The van der Waals surface area contributed by atoms with Gasteiger partial charge < -0.3 is 0 Å². The van der Waals surface area contributed by atoms with E-state index in [0.717, 1.165) is 10.9 Å². The van der Waals surface area contributed by atoms with Gasteiger partial charge in [0.1, 0.15) is 0 Å². The molecule has 0 saturated carbocycles. The molecule has 1 aliphatic rings. The summed E-state index contributed by atoms with van der Waals surface area (Å²) in [6, 6.07) is 0. The lowest BCUT2D eigenvalue weighted by Gasteiger charge is -2.32. The number of nitrogens with zero attached hydrogens (tertiary/aromatic N) is 2. The van der Waals surface area contributed by atoms with Crippen LogP contribution in [0.15, 0.2) is 0 Å². The largest absolute Gasteiger partial charge is 0.303 e. The molecule has 0 aromatic rings. The van der Waals surface area contributed by atoms with E-state index >= 15 is 0 Å². The van der Waals surface area contributed by atoms with Crippen molar-refractivity contribution < 1.29 is 13.3 Å². The highest BCUT2D eigenvalue weighted by Gasteiger charge is 2.31. The highest BCUT2D eigenvalue weighted by Crippen LogP contribution is 2.14. The van der Waals surface area contributed by atoms with Gasteiger partial charge in [-0.15, -0.1) is 0 Å². The minimum absolute atomic E-state index is 0.607. The lowest BCUT2D eigenvalue weighted by Crippen LogP contribution is -2.48. The molecule has 0 atom stereocenters. The molecule has 1 heterocycles. The van der Waals surface area contributed by atoms with E-state index < -0.39 is 10.2 Å². The van der Waals surface area contributed by atoms with Crippen molar-refractivity contribution in [3.05, 3.63) is 0 Å². The number of hydroxylamine groups is 1. The van der Waals surface area contributed by atoms with Crippen LogP contribution in [0.4, 0.5) is 0 Å². The summed E-state index contributed by atoms with van der Waals surface area (Å²) in [4.78, 5) is 4.58. The van der Waals surface area contributed by atoms with Gasteiger partial charge in [-0.3, -0.25) is 4.84 Å². The number of hydrogen-bond donors (Lipinski definition) is 0. The molecule has 11 heavy (non-hydrogen) atoms. The van der Waals surface area contributed by atoms with E-state index in [0.29, 0.717) is 13.1 Å². The molecule has 6 heteroatoms. The van der Waals surface area contributed by atoms with E-state index in [1.165, 1.54) is 18.5 Å². The van der Waals surface area contributed by atoms with Gasteiger partial charge in [0.15, 0.2) is 0 Å². The summed E-state index contributed by atoms with van der Waals surface area (Å²) in [6.45, 7) is 1.21. The van der Waals surface area contributed by atoms with Crippen LogP contribution in [0.2, 0.25) is 0 Å². The molecule has 0 radical (unpaired) electrons. The third-order valence-corrected chi connectivity index (χ3v) is 3.54. The minimum atomic E-state index is -3.31. The van der Waals surface area contributed by atoms with Crippen LogP contribution in [0.3, 0.4) is 0 Å². The maximum Gasteiger partial charge on any atom is 0.303 e. The SMILES string of the molecule is CON(C)S(=O)(=O)N1CCC1. The molecular weight excluding hydrogens is 168 g/mol. The fourth-order valence-corrected chi connectivity index (χ4v) is 2.01. The van der Waals surface area contributed by atoms with Gasteiger partial charge in [-0.1, -0.05) is 4.47 Å². The highest BCUT2D eigenvalue weighted by molar-refractivity contribution is 7.86. The Balaban J connectivity index is 2.65. The number of rotatable bonds is 3. The van der Waals surface area contributed by atoms with Crippen molar-refractivity contribution in [2.24, 2.45) is 0 Å². The summed E-state index contributed by atoms with van der Waals surface area (Å²) in [7, 11) is -0.595. The van der Waals surface area contributed by atoms with Gasteiger partial charge in [0, 0.05) is 20.1 Å². The van der Waals surface area contributed by atoms with Crippen LogP contribution < -0.4 is 0 Å². The Morgan fingerprint density at radius 3 is 2.27 bits per heavy atom. The molecule has 0 amide bonds. The molecular formula is C5H12N2O3S. The van der Waals surface area contributed by atoms with Crippen LogP contribution in [0.5, 0.6) is 0 Å². The van der Waals surface area contributed by atoms with Gasteiger partial charge in [-0.25, -0.2) is 0 Å². The lowest BCUT2D eigenvalue weighted by molar-refractivity contribution is -0.0335. The summed E-state index contributed by atoms with van der Waals surface area (Å²) >= 11 is 0. The van der Waals surface area contributed by atoms with Crippen LogP contribution in [0, 0.1) is 0 Å². The fourth-order valence-electron chi connectivity index (χ4n) is 0.775. The van der Waals surface area contributed by atoms with Crippen molar-refractivity contribution >= 4 is 10.2 Å². The number of hydrogen-bond acceptors (Lipinski definition) is 3.